The van der Waals surface area contributed by atoms with Crippen molar-refractivity contribution in [3.8, 4) is 0 Å². The number of anilines is 1. The standard InChI is InChI=1S/C20H22N2O2S2/c1-14-3-7-16(8-4-14)11-25-20-21-18-12-26(23,24)13-19(18)22(20)17-9-5-15(2)6-10-17/h3-10,18-19H,11-13H2,1-2H3/t18-,19+/m1/s1. The third-order valence-electron chi connectivity index (χ3n) is 4.91. The third kappa shape index (κ3) is 3.53. The predicted molar refractivity (Wildman–Crippen MR) is 110 cm³/mol. The second-order valence-corrected chi connectivity index (χ2v) is 10.2. The van der Waals surface area contributed by atoms with Crippen LogP contribution in [0.5, 0.6) is 0 Å². The Labute approximate surface area is 159 Å². The average molecular weight is 387 g/mol. The summed E-state index contributed by atoms with van der Waals surface area (Å²) in [6.45, 7) is 4.14. The zero-order valence-electron chi connectivity index (χ0n) is 14.9. The molecular weight excluding hydrogens is 364 g/mol. The second-order valence-electron chi connectivity index (χ2n) is 7.10. The Kier molecular flexibility index (Phi) is 4.57. The Hall–Kier alpha value is -1.79. The summed E-state index contributed by atoms with van der Waals surface area (Å²) in [4.78, 5) is 6.92. The smallest absolute Gasteiger partial charge is 0.164 e. The molecule has 6 heteroatoms. The summed E-state index contributed by atoms with van der Waals surface area (Å²) in [6, 6.07) is 16.5. The second kappa shape index (κ2) is 6.74. The molecule has 26 heavy (non-hydrogen) atoms. The molecule has 4 nitrogen and oxygen atoms in total. The topological polar surface area (TPSA) is 49.7 Å². The Balaban J connectivity index is 1.60. The average Bonchev–Trinajstić information content (AvgIpc) is 3.06. The highest BCUT2D eigenvalue weighted by Gasteiger charge is 2.47. The highest BCUT2D eigenvalue weighted by Crippen LogP contribution is 2.36. The molecule has 0 radical (unpaired) electrons. The van der Waals surface area contributed by atoms with Crippen molar-refractivity contribution in [2.45, 2.75) is 31.7 Å². The van der Waals surface area contributed by atoms with E-state index in [1.807, 2.05) is 0 Å². The van der Waals surface area contributed by atoms with Crippen molar-refractivity contribution >= 4 is 32.5 Å². The Morgan fingerprint density at radius 1 is 1.00 bits per heavy atom. The van der Waals surface area contributed by atoms with Crippen LogP contribution >= 0.6 is 11.8 Å². The van der Waals surface area contributed by atoms with Crippen molar-refractivity contribution in [2.24, 2.45) is 4.99 Å². The fraction of sp³-hybridized carbons (Fsp3) is 0.350. The van der Waals surface area contributed by atoms with E-state index in [0.717, 1.165) is 16.6 Å². The number of hydrogen-bond donors (Lipinski definition) is 0. The number of aliphatic imine (C=N–C) groups is 1. The normalized spacial score (nSPS) is 23.8. The van der Waals surface area contributed by atoms with Crippen LogP contribution in [0.4, 0.5) is 5.69 Å². The van der Waals surface area contributed by atoms with Gasteiger partial charge in [-0.2, -0.15) is 0 Å². The first-order valence-electron chi connectivity index (χ1n) is 8.74. The number of fused-ring (bicyclic) bond motifs is 1. The number of thioether (sulfide) groups is 1. The van der Waals surface area contributed by atoms with E-state index >= 15 is 0 Å². The van der Waals surface area contributed by atoms with Gasteiger partial charge in [-0.1, -0.05) is 59.3 Å². The molecule has 1 fully saturated rings. The molecule has 2 aromatic carbocycles. The van der Waals surface area contributed by atoms with E-state index in [2.05, 4.69) is 67.3 Å². The first-order valence-corrected chi connectivity index (χ1v) is 11.5. The molecule has 4 rings (SSSR count). The Morgan fingerprint density at radius 2 is 1.62 bits per heavy atom. The van der Waals surface area contributed by atoms with Gasteiger partial charge in [-0.05, 0) is 31.5 Å². The molecule has 2 aliphatic heterocycles. The summed E-state index contributed by atoms with van der Waals surface area (Å²) in [5, 5.41) is 0.930. The molecule has 0 aliphatic carbocycles. The zero-order chi connectivity index (χ0) is 18.3. The van der Waals surface area contributed by atoms with Crippen LogP contribution in [-0.4, -0.2) is 37.2 Å². The molecule has 0 saturated carbocycles. The van der Waals surface area contributed by atoms with Gasteiger partial charge in [-0.15, -0.1) is 0 Å². The number of sulfone groups is 1. The minimum absolute atomic E-state index is 0.0803. The summed E-state index contributed by atoms with van der Waals surface area (Å²) in [7, 11) is -3.01. The van der Waals surface area contributed by atoms with E-state index in [0.29, 0.717) is 0 Å². The highest BCUT2D eigenvalue weighted by atomic mass is 32.2. The summed E-state index contributed by atoms with van der Waals surface area (Å²) in [6.07, 6.45) is 0. The molecule has 0 aromatic heterocycles. The van der Waals surface area contributed by atoms with E-state index in [9.17, 15) is 8.42 Å². The van der Waals surface area contributed by atoms with Crippen LogP contribution in [0, 0.1) is 13.8 Å². The number of amidine groups is 1. The molecule has 0 N–H and O–H groups in total. The number of nitrogens with zero attached hydrogens (tertiary/aromatic N) is 2. The van der Waals surface area contributed by atoms with E-state index in [4.69, 9.17) is 4.99 Å². The molecule has 2 heterocycles. The van der Waals surface area contributed by atoms with E-state index in [1.54, 1.807) is 11.8 Å². The van der Waals surface area contributed by atoms with Gasteiger partial charge in [0.2, 0.25) is 0 Å². The fourth-order valence-corrected chi connectivity index (χ4v) is 6.40. The van der Waals surface area contributed by atoms with Crippen LogP contribution in [0.3, 0.4) is 0 Å². The van der Waals surface area contributed by atoms with E-state index in [-0.39, 0.29) is 23.6 Å². The lowest BCUT2D eigenvalue weighted by molar-refractivity contribution is 0.601. The van der Waals surface area contributed by atoms with Crippen molar-refractivity contribution in [1.82, 2.24) is 0 Å². The quantitative estimate of drug-likeness (QED) is 0.809. The first-order chi connectivity index (χ1) is 12.4. The minimum atomic E-state index is -3.01. The van der Waals surface area contributed by atoms with Gasteiger partial charge in [0.15, 0.2) is 15.0 Å². The molecule has 0 amide bonds. The predicted octanol–water partition coefficient (Wildman–Crippen LogP) is 3.58. The van der Waals surface area contributed by atoms with E-state index < -0.39 is 9.84 Å². The monoisotopic (exact) mass is 386 g/mol. The lowest BCUT2D eigenvalue weighted by atomic mass is 10.1. The summed E-state index contributed by atoms with van der Waals surface area (Å²) in [5.41, 5.74) is 4.71. The zero-order valence-corrected chi connectivity index (χ0v) is 16.6. The van der Waals surface area contributed by atoms with Gasteiger partial charge >= 0.3 is 0 Å². The van der Waals surface area contributed by atoms with Crippen molar-refractivity contribution in [3.05, 3.63) is 65.2 Å². The van der Waals surface area contributed by atoms with Gasteiger partial charge in [0.05, 0.1) is 23.6 Å². The third-order valence-corrected chi connectivity index (χ3v) is 7.64. The molecule has 2 atom stereocenters. The number of benzene rings is 2. The lowest BCUT2D eigenvalue weighted by Gasteiger charge is -2.26. The molecule has 0 bridgehead atoms. The van der Waals surface area contributed by atoms with Crippen LogP contribution in [0.25, 0.3) is 0 Å². The largest absolute Gasteiger partial charge is 0.315 e. The summed E-state index contributed by atoms with van der Waals surface area (Å²) < 4.78 is 24.2. The Morgan fingerprint density at radius 3 is 2.27 bits per heavy atom. The Bertz CT molecular complexity index is 935. The van der Waals surface area contributed by atoms with Crippen LogP contribution in [0.1, 0.15) is 16.7 Å². The molecular formula is C20H22N2O2S2. The minimum Gasteiger partial charge on any atom is -0.315 e. The van der Waals surface area contributed by atoms with Crippen molar-refractivity contribution in [2.75, 3.05) is 16.4 Å². The van der Waals surface area contributed by atoms with Crippen LogP contribution in [0.2, 0.25) is 0 Å². The van der Waals surface area contributed by atoms with Crippen LogP contribution in [0.15, 0.2) is 53.5 Å². The van der Waals surface area contributed by atoms with Gasteiger partial charge < -0.3 is 4.90 Å². The molecule has 1 saturated heterocycles. The van der Waals surface area contributed by atoms with Gasteiger partial charge in [0, 0.05) is 11.4 Å². The molecule has 2 aromatic rings. The van der Waals surface area contributed by atoms with E-state index in [1.165, 1.54) is 16.7 Å². The maximum absolute atomic E-state index is 12.1. The summed E-state index contributed by atoms with van der Waals surface area (Å²) in [5.74, 6) is 1.17. The van der Waals surface area contributed by atoms with Gasteiger partial charge in [-0.25, -0.2) is 8.42 Å². The van der Waals surface area contributed by atoms with Crippen molar-refractivity contribution in [1.29, 1.82) is 0 Å². The molecule has 0 spiro atoms. The highest BCUT2D eigenvalue weighted by molar-refractivity contribution is 8.13. The van der Waals surface area contributed by atoms with Crippen molar-refractivity contribution < 1.29 is 8.42 Å². The van der Waals surface area contributed by atoms with Gasteiger partial charge in [-0.3, -0.25) is 4.99 Å². The molecule has 0 unspecified atom stereocenters. The molecule has 136 valence electrons. The van der Waals surface area contributed by atoms with Gasteiger partial charge in [0.1, 0.15) is 0 Å². The molecule has 2 aliphatic rings. The lowest BCUT2D eigenvalue weighted by Crippen LogP contribution is -2.39. The first kappa shape index (κ1) is 17.6. The fourth-order valence-electron chi connectivity index (χ4n) is 3.47. The SMILES string of the molecule is Cc1ccc(CSC2=N[C@@H]3CS(=O)(=O)C[C@@H]3N2c2ccc(C)cc2)cc1. The number of rotatable bonds is 3. The van der Waals surface area contributed by atoms with Gasteiger partial charge in [0.25, 0.3) is 0 Å². The van der Waals surface area contributed by atoms with Crippen molar-refractivity contribution in [3.63, 3.8) is 0 Å². The number of aryl methyl sites for hydroxylation is 2. The summed E-state index contributed by atoms with van der Waals surface area (Å²) >= 11 is 1.69. The maximum Gasteiger partial charge on any atom is 0.164 e. The van der Waals surface area contributed by atoms with Crippen LogP contribution < -0.4 is 4.90 Å². The number of hydrogen-bond acceptors (Lipinski definition) is 5. The van der Waals surface area contributed by atoms with Crippen LogP contribution in [-0.2, 0) is 15.6 Å². The maximum atomic E-state index is 12.1.